The average molecular weight is 476 g/mol. The molecule has 176 valence electrons. The van der Waals surface area contributed by atoms with Crippen molar-refractivity contribution in [1.29, 1.82) is 0 Å². The first kappa shape index (κ1) is 21.7. The third-order valence-corrected chi connectivity index (χ3v) is 6.60. The topological polar surface area (TPSA) is 84.0 Å². The number of anilines is 2. The molecule has 2 aliphatic rings. The molecule has 0 bridgehead atoms. The first-order chi connectivity index (χ1) is 17.5. The molecule has 2 aliphatic heterocycles. The number of carbonyl (C=O) groups excluding carboxylic acids is 4. The number of imide groups is 1. The zero-order valence-electron chi connectivity index (χ0n) is 19.1. The van der Waals surface area contributed by atoms with Crippen molar-refractivity contribution >= 4 is 45.8 Å². The minimum absolute atomic E-state index is 0.0418. The van der Waals surface area contributed by atoms with Crippen LogP contribution in [-0.4, -0.2) is 30.2 Å². The molecule has 3 amide bonds. The number of nitrogens with zero attached hydrogens (tertiary/aromatic N) is 2. The van der Waals surface area contributed by atoms with E-state index in [1.807, 2.05) is 42.5 Å². The normalized spacial score (nSPS) is 17.1. The van der Waals surface area contributed by atoms with Gasteiger partial charge in [-0.1, -0.05) is 54.6 Å². The van der Waals surface area contributed by atoms with Crippen LogP contribution in [0, 0.1) is 5.92 Å². The van der Waals surface area contributed by atoms with Crippen molar-refractivity contribution in [3.8, 4) is 5.75 Å². The van der Waals surface area contributed by atoms with Crippen molar-refractivity contribution in [2.45, 2.75) is 6.42 Å². The smallest absolute Gasteiger partial charge is 0.316 e. The molecule has 0 aliphatic carbocycles. The second-order valence-corrected chi connectivity index (χ2v) is 8.81. The van der Waals surface area contributed by atoms with Crippen LogP contribution in [-0.2, 0) is 9.59 Å². The predicted molar refractivity (Wildman–Crippen MR) is 134 cm³/mol. The summed E-state index contributed by atoms with van der Waals surface area (Å²) in [5, 5.41) is 1.95. The number of hydrogen-bond acceptors (Lipinski definition) is 5. The Morgan fingerprint density at radius 2 is 1.44 bits per heavy atom. The fraction of sp³-hybridized carbons (Fsp3) is 0.103. The zero-order valence-corrected chi connectivity index (χ0v) is 19.1. The van der Waals surface area contributed by atoms with Gasteiger partial charge in [-0.05, 0) is 35.7 Å². The molecular weight excluding hydrogens is 456 g/mol. The Morgan fingerprint density at radius 1 is 0.778 bits per heavy atom. The van der Waals surface area contributed by atoms with Crippen LogP contribution in [0.5, 0.6) is 5.75 Å². The summed E-state index contributed by atoms with van der Waals surface area (Å²) in [5.74, 6) is -1.97. The van der Waals surface area contributed by atoms with Crippen LogP contribution in [0.2, 0.25) is 0 Å². The van der Waals surface area contributed by atoms with E-state index in [1.165, 1.54) is 6.07 Å². The largest absolute Gasteiger partial charge is 0.426 e. The molecule has 0 unspecified atom stereocenters. The Labute approximate surface area is 206 Å². The highest BCUT2D eigenvalue weighted by Gasteiger charge is 2.38. The van der Waals surface area contributed by atoms with Crippen LogP contribution in [0.1, 0.15) is 27.1 Å². The third-order valence-electron chi connectivity index (χ3n) is 6.60. The summed E-state index contributed by atoms with van der Waals surface area (Å²) in [7, 11) is 0. The van der Waals surface area contributed by atoms with E-state index in [9.17, 15) is 19.2 Å². The molecule has 2 heterocycles. The number of benzene rings is 4. The zero-order chi connectivity index (χ0) is 24.8. The van der Waals surface area contributed by atoms with Crippen molar-refractivity contribution in [2.24, 2.45) is 5.92 Å². The van der Waals surface area contributed by atoms with Crippen molar-refractivity contribution in [1.82, 2.24) is 0 Å². The van der Waals surface area contributed by atoms with Gasteiger partial charge in [0.15, 0.2) is 0 Å². The van der Waals surface area contributed by atoms with E-state index in [0.717, 1.165) is 21.4 Å². The molecule has 4 aromatic rings. The molecule has 0 aromatic heterocycles. The fourth-order valence-electron chi connectivity index (χ4n) is 4.85. The SMILES string of the molecule is O=C(Oc1cccc(N2C(=O)c3ccccc3C2=O)c1)[C@H]1CC(=O)N(c2cccc3ccccc23)C1. The lowest BCUT2D eigenvalue weighted by atomic mass is 10.1. The van der Waals surface area contributed by atoms with Gasteiger partial charge in [-0.2, -0.15) is 0 Å². The van der Waals surface area contributed by atoms with Gasteiger partial charge in [0.25, 0.3) is 11.8 Å². The summed E-state index contributed by atoms with van der Waals surface area (Å²) in [6.07, 6.45) is 0.0418. The lowest BCUT2D eigenvalue weighted by Crippen LogP contribution is -2.29. The lowest BCUT2D eigenvalue weighted by Gasteiger charge is -2.19. The average Bonchev–Trinajstić information content (AvgIpc) is 3.41. The second-order valence-electron chi connectivity index (χ2n) is 8.81. The highest BCUT2D eigenvalue weighted by molar-refractivity contribution is 6.34. The Morgan fingerprint density at radius 3 is 2.22 bits per heavy atom. The van der Waals surface area contributed by atoms with Gasteiger partial charge < -0.3 is 9.64 Å². The maximum atomic E-state index is 13.0. The number of rotatable bonds is 4. The van der Waals surface area contributed by atoms with Crippen molar-refractivity contribution < 1.29 is 23.9 Å². The van der Waals surface area contributed by atoms with Gasteiger partial charge in [-0.3, -0.25) is 19.2 Å². The van der Waals surface area contributed by atoms with Gasteiger partial charge in [0.2, 0.25) is 5.91 Å². The summed E-state index contributed by atoms with van der Waals surface area (Å²) in [6, 6.07) is 26.5. The monoisotopic (exact) mass is 476 g/mol. The summed E-state index contributed by atoms with van der Waals surface area (Å²) in [6.45, 7) is 0.212. The predicted octanol–water partition coefficient (Wildman–Crippen LogP) is 4.60. The number of ether oxygens (including phenoxy) is 1. The Kier molecular flexibility index (Phi) is 5.11. The van der Waals surface area contributed by atoms with E-state index >= 15 is 0 Å². The van der Waals surface area contributed by atoms with Crippen molar-refractivity contribution in [3.63, 3.8) is 0 Å². The van der Waals surface area contributed by atoms with E-state index < -0.39 is 23.7 Å². The van der Waals surface area contributed by atoms with Crippen LogP contribution >= 0.6 is 0 Å². The van der Waals surface area contributed by atoms with E-state index in [1.54, 1.807) is 47.4 Å². The van der Waals surface area contributed by atoms with E-state index in [0.29, 0.717) is 16.8 Å². The molecule has 0 N–H and O–H groups in total. The van der Waals surface area contributed by atoms with Gasteiger partial charge in [0, 0.05) is 24.4 Å². The van der Waals surface area contributed by atoms with Crippen LogP contribution in [0.4, 0.5) is 11.4 Å². The molecule has 36 heavy (non-hydrogen) atoms. The highest BCUT2D eigenvalue weighted by Crippen LogP contribution is 2.33. The molecule has 0 spiro atoms. The second kappa shape index (κ2) is 8.46. The van der Waals surface area contributed by atoms with Gasteiger partial charge in [-0.15, -0.1) is 0 Å². The number of carbonyl (C=O) groups is 4. The summed E-state index contributed by atoms with van der Waals surface area (Å²) in [5.41, 5.74) is 1.75. The minimum atomic E-state index is -0.639. The molecule has 0 radical (unpaired) electrons. The molecule has 7 heteroatoms. The molecule has 1 fully saturated rings. The molecule has 4 aromatic carbocycles. The Bertz CT molecular complexity index is 1540. The summed E-state index contributed by atoms with van der Waals surface area (Å²) >= 11 is 0. The first-order valence-electron chi connectivity index (χ1n) is 11.6. The summed E-state index contributed by atoms with van der Waals surface area (Å²) < 4.78 is 5.60. The van der Waals surface area contributed by atoms with Crippen molar-refractivity contribution in [2.75, 3.05) is 16.3 Å². The van der Waals surface area contributed by atoms with Gasteiger partial charge in [0.1, 0.15) is 5.75 Å². The Hall–Kier alpha value is -4.78. The number of fused-ring (bicyclic) bond motifs is 2. The molecule has 0 saturated carbocycles. The number of esters is 1. The third kappa shape index (κ3) is 3.53. The maximum Gasteiger partial charge on any atom is 0.316 e. The Balaban J connectivity index is 1.20. The van der Waals surface area contributed by atoms with Crippen LogP contribution in [0.25, 0.3) is 10.8 Å². The van der Waals surface area contributed by atoms with E-state index in [-0.39, 0.29) is 24.6 Å². The number of hydrogen-bond donors (Lipinski definition) is 0. The molecule has 7 nitrogen and oxygen atoms in total. The first-order valence-corrected chi connectivity index (χ1v) is 11.6. The minimum Gasteiger partial charge on any atom is -0.426 e. The van der Waals surface area contributed by atoms with Crippen LogP contribution in [0.15, 0.2) is 91.0 Å². The molecule has 1 atom stereocenters. The van der Waals surface area contributed by atoms with Gasteiger partial charge in [-0.25, -0.2) is 4.90 Å². The summed E-state index contributed by atoms with van der Waals surface area (Å²) in [4.78, 5) is 54.1. The highest BCUT2D eigenvalue weighted by atomic mass is 16.5. The van der Waals surface area contributed by atoms with E-state index in [2.05, 4.69) is 0 Å². The maximum absolute atomic E-state index is 13.0. The molecular formula is C29H20N2O5. The van der Waals surface area contributed by atoms with Crippen LogP contribution < -0.4 is 14.5 Å². The lowest BCUT2D eigenvalue weighted by molar-refractivity contribution is -0.139. The van der Waals surface area contributed by atoms with Crippen LogP contribution in [0.3, 0.4) is 0 Å². The molecule has 1 saturated heterocycles. The molecule has 6 rings (SSSR count). The quantitative estimate of drug-likeness (QED) is 0.244. The van der Waals surface area contributed by atoms with Crippen molar-refractivity contribution in [3.05, 3.63) is 102 Å². The van der Waals surface area contributed by atoms with Gasteiger partial charge >= 0.3 is 5.97 Å². The fourth-order valence-corrected chi connectivity index (χ4v) is 4.85. The number of amides is 3. The standard InChI is InChI=1S/C29H20N2O5/c32-26-15-19(17-30(26)25-14-5-8-18-7-1-2-11-22(18)25)29(35)36-21-10-6-9-20(16-21)31-27(33)23-12-3-4-13-24(23)28(31)34/h1-14,16,19H,15,17H2/t19-/m0/s1. The van der Waals surface area contributed by atoms with Gasteiger partial charge in [0.05, 0.1) is 28.4 Å². The van der Waals surface area contributed by atoms with E-state index in [4.69, 9.17) is 4.74 Å².